The minimum absolute atomic E-state index is 0.0681. The molecule has 1 rings (SSSR count). The summed E-state index contributed by atoms with van der Waals surface area (Å²) in [6.07, 6.45) is -0.555. The fourth-order valence-corrected chi connectivity index (χ4v) is 1.16. The zero-order chi connectivity index (χ0) is 10.6. The predicted molar refractivity (Wildman–Crippen MR) is 45.5 cm³/mol. The highest BCUT2D eigenvalue weighted by molar-refractivity contribution is 5.81. The molecule has 0 aromatic carbocycles. The molecule has 0 aromatic rings. The topological polar surface area (TPSA) is 65.1 Å². The molecular formula is C8H13NO5. The zero-order valence-electron chi connectivity index (χ0n) is 8.19. The Labute approximate surface area is 81.7 Å². The molecule has 0 N–H and O–H groups in total. The molecule has 0 aromatic heterocycles. The third-order valence-electron chi connectivity index (χ3n) is 1.86. The molecule has 1 amide bonds. The molecule has 6 heteroatoms. The van der Waals surface area contributed by atoms with Gasteiger partial charge in [0.2, 0.25) is 0 Å². The molecule has 6 nitrogen and oxygen atoms in total. The molecule has 1 saturated heterocycles. The van der Waals surface area contributed by atoms with E-state index in [1.807, 2.05) is 0 Å². The normalized spacial score (nSPS) is 20.7. The molecule has 0 saturated carbocycles. The Morgan fingerprint density at radius 1 is 1.57 bits per heavy atom. The lowest BCUT2D eigenvalue weighted by Gasteiger charge is -2.19. The second-order valence-corrected chi connectivity index (χ2v) is 2.71. The molecule has 0 radical (unpaired) electrons. The van der Waals surface area contributed by atoms with Crippen LogP contribution in [0.5, 0.6) is 0 Å². The number of ether oxygens (including phenoxy) is 3. The number of methoxy groups -OCH3 is 1. The molecule has 80 valence electrons. The Morgan fingerprint density at radius 3 is 2.86 bits per heavy atom. The summed E-state index contributed by atoms with van der Waals surface area (Å²) in [5, 5.41) is 0. The van der Waals surface area contributed by atoms with Crippen molar-refractivity contribution in [2.75, 3.05) is 27.1 Å². The maximum absolute atomic E-state index is 11.3. The average Bonchev–Trinajstić information content (AvgIpc) is 2.65. The monoisotopic (exact) mass is 203 g/mol. The summed E-state index contributed by atoms with van der Waals surface area (Å²) in [6, 6.07) is -0.681. The van der Waals surface area contributed by atoms with Gasteiger partial charge < -0.3 is 14.2 Å². The SMILES string of the molecule is CCOC(=O)N1COC[C@H]1C(=O)OC. The molecule has 1 aliphatic heterocycles. The number of esters is 1. The highest BCUT2D eigenvalue weighted by Gasteiger charge is 2.36. The van der Waals surface area contributed by atoms with Gasteiger partial charge in [-0.05, 0) is 6.92 Å². The maximum Gasteiger partial charge on any atom is 0.412 e. The van der Waals surface area contributed by atoms with Crippen LogP contribution >= 0.6 is 0 Å². The van der Waals surface area contributed by atoms with Gasteiger partial charge in [-0.25, -0.2) is 9.59 Å². The molecule has 1 aliphatic rings. The second kappa shape index (κ2) is 4.80. The van der Waals surface area contributed by atoms with Crippen LogP contribution in [0.3, 0.4) is 0 Å². The van der Waals surface area contributed by atoms with Crippen LogP contribution in [0.15, 0.2) is 0 Å². The van der Waals surface area contributed by atoms with Gasteiger partial charge in [0.1, 0.15) is 6.73 Å². The van der Waals surface area contributed by atoms with E-state index in [9.17, 15) is 9.59 Å². The van der Waals surface area contributed by atoms with Gasteiger partial charge in [0, 0.05) is 0 Å². The lowest BCUT2D eigenvalue weighted by molar-refractivity contribution is -0.145. The van der Waals surface area contributed by atoms with E-state index in [0.717, 1.165) is 0 Å². The quantitative estimate of drug-likeness (QED) is 0.590. The van der Waals surface area contributed by atoms with E-state index in [1.165, 1.54) is 12.0 Å². The first-order valence-electron chi connectivity index (χ1n) is 4.29. The number of amides is 1. The Hall–Kier alpha value is -1.30. The Kier molecular flexibility index (Phi) is 3.70. The third-order valence-corrected chi connectivity index (χ3v) is 1.86. The molecule has 1 fully saturated rings. The highest BCUT2D eigenvalue weighted by Crippen LogP contribution is 2.12. The van der Waals surface area contributed by atoms with E-state index in [2.05, 4.69) is 4.74 Å². The van der Waals surface area contributed by atoms with Crippen molar-refractivity contribution in [2.45, 2.75) is 13.0 Å². The smallest absolute Gasteiger partial charge is 0.412 e. The number of carbonyl (C=O) groups is 2. The molecule has 0 aliphatic carbocycles. The molecule has 0 spiro atoms. The fraction of sp³-hybridized carbons (Fsp3) is 0.750. The predicted octanol–water partition coefficient (Wildman–Crippen LogP) is -0.0258. The van der Waals surface area contributed by atoms with Crippen LogP contribution in [0.1, 0.15) is 6.92 Å². The summed E-state index contributed by atoms with van der Waals surface area (Å²) < 4.78 is 14.3. The molecule has 1 heterocycles. The van der Waals surface area contributed by atoms with Crippen molar-refractivity contribution in [3.63, 3.8) is 0 Å². The van der Waals surface area contributed by atoms with Gasteiger partial charge >= 0.3 is 12.1 Å². The second-order valence-electron chi connectivity index (χ2n) is 2.71. The van der Waals surface area contributed by atoms with Crippen LogP contribution in [-0.4, -0.2) is 50.1 Å². The third kappa shape index (κ3) is 2.14. The summed E-state index contributed by atoms with van der Waals surface area (Å²) in [6.45, 7) is 2.19. The molecule has 1 atom stereocenters. The van der Waals surface area contributed by atoms with E-state index in [4.69, 9.17) is 9.47 Å². The summed E-state index contributed by atoms with van der Waals surface area (Å²) in [5.74, 6) is -0.490. The first-order chi connectivity index (χ1) is 6.70. The van der Waals surface area contributed by atoms with Crippen molar-refractivity contribution >= 4 is 12.1 Å². The minimum atomic E-state index is -0.681. The molecular weight excluding hydrogens is 190 g/mol. The molecule has 0 unspecified atom stereocenters. The Balaban J connectivity index is 2.59. The van der Waals surface area contributed by atoms with E-state index in [-0.39, 0.29) is 19.9 Å². The Morgan fingerprint density at radius 2 is 2.29 bits per heavy atom. The minimum Gasteiger partial charge on any atom is -0.467 e. The summed E-state index contributed by atoms with van der Waals surface area (Å²) in [4.78, 5) is 23.7. The fourth-order valence-electron chi connectivity index (χ4n) is 1.16. The maximum atomic E-state index is 11.3. The highest BCUT2D eigenvalue weighted by atomic mass is 16.6. The van der Waals surface area contributed by atoms with Crippen LogP contribution in [0.2, 0.25) is 0 Å². The van der Waals surface area contributed by atoms with Gasteiger partial charge in [-0.3, -0.25) is 4.90 Å². The van der Waals surface area contributed by atoms with Crippen LogP contribution in [0, 0.1) is 0 Å². The summed E-state index contributed by atoms with van der Waals surface area (Å²) in [7, 11) is 1.27. The van der Waals surface area contributed by atoms with Crippen molar-refractivity contribution in [1.82, 2.24) is 4.90 Å². The first kappa shape index (κ1) is 10.8. The number of hydrogen-bond acceptors (Lipinski definition) is 5. The number of rotatable bonds is 2. The van der Waals surface area contributed by atoms with Gasteiger partial charge in [-0.15, -0.1) is 0 Å². The average molecular weight is 203 g/mol. The van der Waals surface area contributed by atoms with E-state index in [0.29, 0.717) is 0 Å². The van der Waals surface area contributed by atoms with E-state index in [1.54, 1.807) is 6.92 Å². The molecule has 14 heavy (non-hydrogen) atoms. The van der Waals surface area contributed by atoms with Crippen molar-refractivity contribution in [3.8, 4) is 0 Å². The van der Waals surface area contributed by atoms with Crippen LogP contribution in [-0.2, 0) is 19.0 Å². The van der Waals surface area contributed by atoms with Gasteiger partial charge in [-0.2, -0.15) is 0 Å². The molecule has 0 bridgehead atoms. The standard InChI is InChI=1S/C8H13NO5/c1-3-14-8(11)9-5-13-4-6(9)7(10)12-2/h6H,3-5H2,1-2H3/t6-/m0/s1. The van der Waals surface area contributed by atoms with Crippen LogP contribution < -0.4 is 0 Å². The number of hydrogen-bond donors (Lipinski definition) is 0. The van der Waals surface area contributed by atoms with Gasteiger partial charge in [0.15, 0.2) is 6.04 Å². The van der Waals surface area contributed by atoms with Gasteiger partial charge in [0.25, 0.3) is 0 Å². The zero-order valence-corrected chi connectivity index (χ0v) is 8.19. The van der Waals surface area contributed by atoms with Crippen molar-refractivity contribution < 1.29 is 23.8 Å². The largest absolute Gasteiger partial charge is 0.467 e. The first-order valence-corrected chi connectivity index (χ1v) is 4.29. The van der Waals surface area contributed by atoms with E-state index < -0.39 is 18.1 Å². The van der Waals surface area contributed by atoms with Crippen LogP contribution in [0.4, 0.5) is 4.79 Å². The van der Waals surface area contributed by atoms with Crippen molar-refractivity contribution in [1.29, 1.82) is 0 Å². The lowest BCUT2D eigenvalue weighted by atomic mass is 10.3. The summed E-state index contributed by atoms with van der Waals surface area (Å²) >= 11 is 0. The van der Waals surface area contributed by atoms with E-state index >= 15 is 0 Å². The van der Waals surface area contributed by atoms with Gasteiger partial charge in [0.05, 0.1) is 20.3 Å². The number of nitrogens with zero attached hydrogens (tertiary/aromatic N) is 1. The summed E-state index contributed by atoms with van der Waals surface area (Å²) in [5.41, 5.74) is 0. The van der Waals surface area contributed by atoms with Crippen molar-refractivity contribution in [2.24, 2.45) is 0 Å². The van der Waals surface area contributed by atoms with Crippen molar-refractivity contribution in [3.05, 3.63) is 0 Å². The van der Waals surface area contributed by atoms with Gasteiger partial charge in [-0.1, -0.05) is 0 Å². The Bertz CT molecular complexity index is 230. The van der Waals surface area contributed by atoms with Crippen LogP contribution in [0.25, 0.3) is 0 Å². The number of carbonyl (C=O) groups excluding carboxylic acids is 2. The lowest BCUT2D eigenvalue weighted by Crippen LogP contribution is -2.42.